The molecule has 4 rings (SSSR count). The summed E-state index contributed by atoms with van der Waals surface area (Å²) in [5.74, 6) is -0.341. The summed E-state index contributed by atoms with van der Waals surface area (Å²) in [5, 5.41) is 2.85. The minimum atomic E-state index is -0.503. The van der Waals surface area contributed by atoms with E-state index in [2.05, 4.69) is 5.32 Å². The van der Waals surface area contributed by atoms with E-state index < -0.39 is 17.1 Å². The molecule has 6 nitrogen and oxygen atoms in total. The summed E-state index contributed by atoms with van der Waals surface area (Å²) in [4.78, 5) is 38.8. The highest BCUT2D eigenvalue weighted by Gasteiger charge is 2.36. The number of imide groups is 1. The number of aryl methyl sites for hydroxylation is 1. The van der Waals surface area contributed by atoms with Gasteiger partial charge >= 0.3 is 0 Å². The van der Waals surface area contributed by atoms with Crippen molar-refractivity contribution < 1.29 is 19.1 Å². The van der Waals surface area contributed by atoms with E-state index in [1.54, 1.807) is 42.5 Å². The van der Waals surface area contributed by atoms with Crippen molar-refractivity contribution in [2.45, 2.75) is 13.5 Å². The van der Waals surface area contributed by atoms with E-state index in [-0.39, 0.29) is 11.4 Å². The number of rotatable bonds is 7. The molecule has 8 heteroatoms. The molecule has 0 aliphatic carbocycles. The summed E-state index contributed by atoms with van der Waals surface area (Å²) in [6.45, 7) is 1.86. The zero-order valence-electron chi connectivity index (χ0n) is 18.3. The number of carbonyl (C=O) groups is 3. The van der Waals surface area contributed by atoms with Crippen LogP contribution in [0.4, 0.5) is 10.5 Å². The smallest absolute Gasteiger partial charge is 0.294 e. The largest absolute Gasteiger partial charge is 0.489 e. The highest BCUT2D eigenvalue weighted by molar-refractivity contribution is 8.18. The number of hydrogen-bond acceptors (Lipinski definition) is 5. The topological polar surface area (TPSA) is 75.7 Å². The molecule has 0 atom stereocenters. The van der Waals surface area contributed by atoms with Crippen LogP contribution in [-0.4, -0.2) is 28.5 Å². The van der Waals surface area contributed by atoms with E-state index in [1.807, 2.05) is 43.3 Å². The molecule has 0 unspecified atom stereocenters. The highest BCUT2D eigenvalue weighted by atomic mass is 35.5. The molecule has 0 saturated carbocycles. The zero-order valence-corrected chi connectivity index (χ0v) is 19.9. The Bertz CT molecular complexity index is 1290. The van der Waals surface area contributed by atoms with Crippen LogP contribution < -0.4 is 10.1 Å². The van der Waals surface area contributed by atoms with Crippen molar-refractivity contribution in [2.75, 3.05) is 11.9 Å². The molecule has 3 amide bonds. The predicted molar refractivity (Wildman–Crippen MR) is 135 cm³/mol. The first kappa shape index (κ1) is 23.6. The van der Waals surface area contributed by atoms with Gasteiger partial charge in [-0.1, -0.05) is 54.1 Å². The first-order valence-corrected chi connectivity index (χ1v) is 11.7. The lowest BCUT2D eigenvalue weighted by molar-refractivity contribution is -0.127. The van der Waals surface area contributed by atoms with Gasteiger partial charge in [-0.2, -0.15) is 0 Å². The normalized spacial score (nSPS) is 14.5. The van der Waals surface area contributed by atoms with E-state index in [0.29, 0.717) is 28.6 Å². The molecular formula is C26H21ClN2O4S. The number of ether oxygens (including phenoxy) is 1. The maximum atomic E-state index is 12.8. The van der Waals surface area contributed by atoms with E-state index in [9.17, 15) is 14.4 Å². The molecule has 0 radical (unpaired) electrons. The second-order valence-electron chi connectivity index (χ2n) is 7.64. The van der Waals surface area contributed by atoms with Crippen LogP contribution in [0.2, 0.25) is 5.02 Å². The van der Waals surface area contributed by atoms with Crippen LogP contribution in [0.3, 0.4) is 0 Å². The van der Waals surface area contributed by atoms with Gasteiger partial charge < -0.3 is 10.1 Å². The summed E-state index contributed by atoms with van der Waals surface area (Å²) in [5.41, 5.74) is 3.16. The van der Waals surface area contributed by atoms with Crippen LogP contribution in [-0.2, 0) is 16.2 Å². The van der Waals surface area contributed by atoms with Gasteiger partial charge in [-0.25, -0.2) is 0 Å². The van der Waals surface area contributed by atoms with Crippen molar-refractivity contribution in [2.24, 2.45) is 0 Å². The molecule has 1 heterocycles. The van der Waals surface area contributed by atoms with Crippen molar-refractivity contribution in [3.05, 3.63) is 99.4 Å². The van der Waals surface area contributed by atoms with Crippen LogP contribution in [0.25, 0.3) is 6.08 Å². The summed E-state index contributed by atoms with van der Waals surface area (Å²) < 4.78 is 5.83. The Kier molecular flexibility index (Phi) is 7.35. The number of carbonyl (C=O) groups excluding carboxylic acids is 3. The molecule has 0 spiro atoms. The molecular weight excluding hydrogens is 472 g/mol. The van der Waals surface area contributed by atoms with Gasteiger partial charge in [0, 0.05) is 16.3 Å². The number of nitrogens with zero attached hydrogens (tertiary/aromatic N) is 1. The Morgan fingerprint density at radius 1 is 1.06 bits per heavy atom. The second kappa shape index (κ2) is 10.6. The third-order valence-corrected chi connectivity index (χ3v) is 6.26. The van der Waals surface area contributed by atoms with E-state index in [1.165, 1.54) is 0 Å². The van der Waals surface area contributed by atoms with E-state index >= 15 is 0 Å². The molecule has 1 aliphatic heterocycles. The molecule has 3 aromatic rings. The van der Waals surface area contributed by atoms with Gasteiger partial charge in [0.15, 0.2) is 0 Å². The minimum absolute atomic E-state index is 0.247. The fourth-order valence-electron chi connectivity index (χ4n) is 3.33. The number of hydrogen-bond donors (Lipinski definition) is 1. The molecule has 3 aromatic carbocycles. The average molecular weight is 493 g/mol. The molecule has 1 fully saturated rings. The maximum absolute atomic E-state index is 12.8. The van der Waals surface area contributed by atoms with Crippen LogP contribution in [0.15, 0.2) is 77.7 Å². The van der Waals surface area contributed by atoms with Crippen molar-refractivity contribution in [1.29, 1.82) is 0 Å². The first-order valence-electron chi connectivity index (χ1n) is 10.5. The van der Waals surface area contributed by atoms with E-state index in [4.69, 9.17) is 16.3 Å². The lowest BCUT2D eigenvalue weighted by atomic mass is 10.2. The Labute approximate surface area is 206 Å². The Morgan fingerprint density at radius 3 is 2.65 bits per heavy atom. The minimum Gasteiger partial charge on any atom is -0.489 e. The monoisotopic (exact) mass is 492 g/mol. The maximum Gasteiger partial charge on any atom is 0.294 e. The zero-order chi connectivity index (χ0) is 24.1. The first-order chi connectivity index (χ1) is 16.4. The molecule has 172 valence electrons. The van der Waals surface area contributed by atoms with Gasteiger partial charge in [0.2, 0.25) is 5.91 Å². The fourth-order valence-corrected chi connectivity index (χ4v) is 4.35. The summed E-state index contributed by atoms with van der Waals surface area (Å²) in [7, 11) is 0. The van der Waals surface area contributed by atoms with Crippen LogP contribution in [0.1, 0.15) is 16.7 Å². The number of halogens is 1. The summed E-state index contributed by atoms with van der Waals surface area (Å²) in [6, 6.07) is 21.9. The third kappa shape index (κ3) is 5.87. The van der Waals surface area contributed by atoms with Gasteiger partial charge in [-0.05, 0) is 66.2 Å². The molecule has 1 saturated heterocycles. The quantitative estimate of drug-likeness (QED) is 0.415. The highest BCUT2D eigenvalue weighted by Crippen LogP contribution is 2.32. The fraction of sp³-hybridized carbons (Fsp3) is 0.115. The molecule has 1 aliphatic rings. The lowest BCUT2D eigenvalue weighted by Crippen LogP contribution is -2.36. The summed E-state index contributed by atoms with van der Waals surface area (Å²) >= 11 is 6.98. The number of anilines is 1. The predicted octanol–water partition coefficient (Wildman–Crippen LogP) is 5.90. The van der Waals surface area contributed by atoms with E-state index in [0.717, 1.165) is 27.8 Å². The number of amides is 3. The number of thioether (sulfide) groups is 1. The summed E-state index contributed by atoms with van der Waals surface area (Å²) in [6.07, 6.45) is 1.62. The van der Waals surface area contributed by atoms with Gasteiger partial charge in [0.05, 0.1) is 4.91 Å². The van der Waals surface area contributed by atoms with Crippen LogP contribution in [0.5, 0.6) is 5.75 Å². The SMILES string of the molecule is Cc1cccc(NC(=O)CN2C(=O)S/C(=C/c3cccc(OCc4ccccc4Cl)c3)C2=O)c1. The number of benzene rings is 3. The molecule has 34 heavy (non-hydrogen) atoms. The van der Waals surface area contributed by atoms with Crippen molar-refractivity contribution in [3.63, 3.8) is 0 Å². The van der Waals surface area contributed by atoms with Crippen LogP contribution in [0, 0.1) is 6.92 Å². The van der Waals surface area contributed by atoms with Gasteiger partial charge in [0.1, 0.15) is 18.9 Å². The van der Waals surface area contributed by atoms with Crippen molar-refractivity contribution >= 4 is 52.2 Å². The third-order valence-electron chi connectivity index (χ3n) is 4.99. The van der Waals surface area contributed by atoms with Crippen LogP contribution >= 0.6 is 23.4 Å². The van der Waals surface area contributed by atoms with Gasteiger partial charge in [-0.15, -0.1) is 0 Å². The molecule has 1 N–H and O–H groups in total. The van der Waals surface area contributed by atoms with Crippen molar-refractivity contribution in [1.82, 2.24) is 4.90 Å². The van der Waals surface area contributed by atoms with Gasteiger partial charge in [0.25, 0.3) is 11.1 Å². The second-order valence-corrected chi connectivity index (χ2v) is 9.04. The number of nitrogens with one attached hydrogen (secondary N) is 1. The lowest BCUT2D eigenvalue weighted by Gasteiger charge is -2.12. The van der Waals surface area contributed by atoms with Gasteiger partial charge in [-0.3, -0.25) is 19.3 Å². The average Bonchev–Trinajstić information content (AvgIpc) is 3.06. The van der Waals surface area contributed by atoms with Crippen molar-refractivity contribution in [3.8, 4) is 5.75 Å². The standard InChI is InChI=1S/C26H21ClN2O4S/c1-17-6-4-9-20(12-17)28-24(30)15-29-25(31)23(34-26(29)32)14-18-7-5-10-21(13-18)33-16-19-8-2-3-11-22(19)27/h2-14H,15-16H2,1H3,(H,28,30)/b23-14+. The molecule has 0 bridgehead atoms. The Balaban J connectivity index is 1.41. The Hall–Kier alpha value is -3.55. The Morgan fingerprint density at radius 2 is 1.85 bits per heavy atom. The molecule has 0 aromatic heterocycles.